The number of amides is 1. The molecular formula is C22H29F3N2O3. The van der Waals surface area contributed by atoms with Crippen LogP contribution >= 0.6 is 0 Å². The highest BCUT2D eigenvalue weighted by atomic mass is 19.4. The Morgan fingerprint density at radius 3 is 2.63 bits per heavy atom. The van der Waals surface area contributed by atoms with Gasteiger partial charge in [-0.3, -0.25) is 9.69 Å². The van der Waals surface area contributed by atoms with E-state index in [-0.39, 0.29) is 37.6 Å². The zero-order valence-corrected chi connectivity index (χ0v) is 17.0. The second-order valence-corrected chi connectivity index (χ2v) is 8.71. The average molecular weight is 426 g/mol. The van der Waals surface area contributed by atoms with Crippen molar-refractivity contribution in [3.05, 3.63) is 35.9 Å². The molecule has 1 N–H and O–H groups in total. The zero-order valence-electron chi connectivity index (χ0n) is 17.0. The van der Waals surface area contributed by atoms with Gasteiger partial charge in [0.05, 0.1) is 25.4 Å². The minimum Gasteiger partial charge on any atom is -0.385 e. The van der Waals surface area contributed by atoms with Gasteiger partial charge < -0.3 is 14.7 Å². The molecule has 30 heavy (non-hydrogen) atoms. The first-order valence-electron chi connectivity index (χ1n) is 10.8. The van der Waals surface area contributed by atoms with Crippen LogP contribution in [0.4, 0.5) is 13.2 Å². The molecule has 0 aromatic heterocycles. The summed E-state index contributed by atoms with van der Waals surface area (Å²) in [4.78, 5) is 16.3. The van der Waals surface area contributed by atoms with Crippen molar-refractivity contribution >= 4 is 5.91 Å². The number of hydrogen-bond acceptors (Lipinski definition) is 4. The first kappa shape index (κ1) is 21.6. The molecule has 3 unspecified atom stereocenters. The third-order valence-corrected chi connectivity index (χ3v) is 6.94. The number of benzene rings is 1. The quantitative estimate of drug-likeness (QED) is 0.808. The summed E-state index contributed by atoms with van der Waals surface area (Å²) in [5.41, 5.74) is -0.161. The predicted molar refractivity (Wildman–Crippen MR) is 105 cm³/mol. The lowest BCUT2D eigenvalue weighted by molar-refractivity contribution is -0.179. The lowest BCUT2D eigenvalue weighted by Gasteiger charge is -2.53. The Balaban J connectivity index is 1.57. The number of fused-ring (bicyclic) bond motifs is 1. The normalized spacial score (nSPS) is 33.2. The van der Waals surface area contributed by atoms with Crippen molar-refractivity contribution in [2.45, 2.75) is 56.0 Å². The van der Waals surface area contributed by atoms with Crippen molar-refractivity contribution in [1.29, 1.82) is 0 Å². The van der Waals surface area contributed by atoms with Gasteiger partial charge in [-0.2, -0.15) is 13.2 Å². The number of nitrogens with zero attached hydrogens (tertiary/aromatic N) is 2. The van der Waals surface area contributed by atoms with Crippen LogP contribution in [0.2, 0.25) is 0 Å². The Morgan fingerprint density at radius 2 is 1.90 bits per heavy atom. The van der Waals surface area contributed by atoms with Crippen LogP contribution < -0.4 is 0 Å². The first-order valence-corrected chi connectivity index (χ1v) is 10.8. The first-order chi connectivity index (χ1) is 14.3. The summed E-state index contributed by atoms with van der Waals surface area (Å²) in [5, 5.41) is 11.6. The number of ether oxygens (including phenoxy) is 1. The molecule has 4 rings (SSSR count). The van der Waals surface area contributed by atoms with E-state index in [1.165, 1.54) is 4.90 Å². The molecule has 0 bridgehead atoms. The molecule has 3 aliphatic rings. The minimum atomic E-state index is -4.36. The van der Waals surface area contributed by atoms with Gasteiger partial charge in [0, 0.05) is 25.0 Å². The molecule has 2 aliphatic heterocycles. The minimum absolute atomic E-state index is 0.0221. The van der Waals surface area contributed by atoms with Crippen molar-refractivity contribution in [2.24, 2.45) is 5.92 Å². The molecule has 1 amide bonds. The molecule has 2 heterocycles. The maximum absolute atomic E-state index is 13.4. The summed E-state index contributed by atoms with van der Waals surface area (Å²) in [5.74, 6) is -0.419. The number of aliphatic hydroxyl groups is 1. The van der Waals surface area contributed by atoms with E-state index in [9.17, 15) is 23.1 Å². The Kier molecular flexibility index (Phi) is 6.10. The van der Waals surface area contributed by atoms with E-state index >= 15 is 0 Å². The Labute approximate surface area is 174 Å². The van der Waals surface area contributed by atoms with E-state index in [0.29, 0.717) is 13.0 Å². The van der Waals surface area contributed by atoms with Crippen LogP contribution in [0.3, 0.4) is 0 Å². The maximum atomic E-state index is 13.4. The van der Waals surface area contributed by atoms with Gasteiger partial charge in [0.25, 0.3) is 0 Å². The fourth-order valence-electron chi connectivity index (χ4n) is 5.52. The number of alkyl halides is 3. The van der Waals surface area contributed by atoms with E-state index < -0.39 is 24.4 Å². The lowest BCUT2D eigenvalue weighted by Crippen LogP contribution is -2.64. The average Bonchev–Trinajstić information content (AvgIpc) is 2.74. The fourth-order valence-corrected chi connectivity index (χ4v) is 5.52. The van der Waals surface area contributed by atoms with Crippen LogP contribution in [-0.2, 0) is 15.1 Å². The number of morpholine rings is 1. The maximum Gasteiger partial charge on any atom is 0.401 e. The van der Waals surface area contributed by atoms with Crippen molar-refractivity contribution in [3.63, 3.8) is 0 Å². The predicted octanol–water partition coefficient (Wildman–Crippen LogP) is 2.93. The van der Waals surface area contributed by atoms with Crippen LogP contribution in [0, 0.1) is 5.92 Å². The molecule has 166 valence electrons. The molecule has 8 heteroatoms. The van der Waals surface area contributed by atoms with Gasteiger partial charge in [-0.25, -0.2) is 0 Å². The van der Waals surface area contributed by atoms with Crippen molar-refractivity contribution in [1.82, 2.24) is 9.80 Å². The number of rotatable bonds is 3. The van der Waals surface area contributed by atoms with Gasteiger partial charge >= 0.3 is 6.18 Å². The number of halogens is 3. The number of likely N-dealkylation sites (tertiary alicyclic amines) is 1. The summed E-state index contributed by atoms with van der Waals surface area (Å²) >= 11 is 0. The topological polar surface area (TPSA) is 53.0 Å². The monoisotopic (exact) mass is 426 g/mol. The second-order valence-electron chi connectivity index (χ2n) is 8.71. The van der Waals surface area contributed by atoms with Gasteiger partial charge in [-0.15, -0.1) is 0 Å². The lowest BCUT2D eigenvalue weighted by atomic mass is 9.66. The summed E-state index contributed by atoms with van der Waals surface area (Å²) in [6.07, 6.45) is -0.491. The van der Waals surface area contributed by atoms with Crippen LogP contribution in [0.5, 0.6) is 0 Å². The van der Waals surface area contributed by atoms with Gasteiger partial charge in [0.2, 0.25) is 5.91 Å². The Bertz CT molecular complexity index is 745. The largest absolute Gasteiger partial charge is 0.401 e. The van der Waals surface area contributed by atoms with Crippen LogP contribution in [0.25, 0.3) is 0 Å². The summed E-state index contributed by atoms with van der Waals surface area (Å²) in [7, 11) is 0. The highest BCUT2D eigenvalue weighted by Crippen LogP contribution is 2.47. The van der Waals surface area contributed by atoms with Crippen molar-refractivity contribution in [2.75, 3.05) is 32.8 Å². The van der Waals surface area contributed by atoms with Crippen LogP contribution in [0.1, 0.15) is 37.7 Å². The number of piperidine rings is 1. The smallest absolute Gasteiger partial charge is 0.385 e. The molecule has 4 atom stereocenters. The molecule has 2 saturated heterocycles. The van der Waals surface area contributed by atoms with Gasteiger partial charge in [-0.1, -0.05) is 43.2 Å². The molecule has 1 saturated carbocycles. The van der Waals surface area contributed by atoms with Crippen molar-refractivity contribution in [3.8, 4) is 0 Å². The molecule has 1 aromatic rings. The third-order valence-electron chi connectivity index (χ3n) is 6.94. The van der Waals surface area contributed by atoms with Crippen molar-refractivity contribution < 1.29 is 27.8 Å². The van der Waals surface area contributed by atoms with Gasteiger partial charge in [0.1, 0.15) is 6.04 Å². The van der Waals surface area contributed by atoms with E-state index in [2.05, 4.69) is 0 Å². The van der Waals surface area contributed by atoms with E-state index in [1.807, 2.05) is 30.3 Å². The molecular weight excluding hydrogens is 397 g/mol. The summed E-state index contributed by atoms with van der Waals surface area (Å²) < 4.78 is 44.5. The summed E-state index contributed by atoms with van der Waals surface area (Å²) in [6, 6.07) is 8.45. The molecule has 0 radical (unpaired) electrons. The fraction of sp³-hybridized carbons (Fsp3) is 0.682. The molecule has 5 nitrogen and oxygen atoms in total. The SMILES string of the molecule is O=C([C@@H]1COCCN1CC(F)(F)F)N1CCC(O)(c2ccccc2)C2CCCCC21. The van der Waals surface area contributed by atoms with E-state index in [1.54, 1.807) is 4.90 Å². The van der Waals surface area contributed by atoms with E-state index in [0.717, 1.165) is 31.2 Å². The molecule has 1 aliphatic carbocycles. The van der Waals surface area contributed by atoms with E-state index in [4.69, 9.17) is 4.74 Å². The number of carbonyl (C=O) groups excluding carboxylic acids is 1. The zero-order chi connectivity index (χ0) is 21.4. The number of carbonyl (C=O) groups is 1. The third kappa shape index (κ3) is 4.22. The van der Waals surface area contributed by atoms with Gasteiger partial charge in [-0.05, 0) is 24.8 Å². The van der Waals surface area contributed by atoms with Crippen LogP contribution in [0.15, 0.2) is 30.3 Å². The van der Waals surface area contributed by atoms with Crippen LogP contribution in [-0.4, -0.2) is 71.9 Å². The standard InChI is InChI=1S/C22H29F3N2O3/c23-22(24,25)15-26-12-13-30-14-19(26)20(28)27-11-10-21(29,16-6-2-1-3-7-16)17-8-4-5-9-18(17)27/h1-3,6-7,17-19,29H,4-5,8-15H2/t17?,18?,19-,21?/m0/s1. The molecule has 1 aromatic carbocycles. The Morgan fingerprint density at radius 1 is 1.17 bits per heavy atom. The Hall–Kier alpha value is -1.64. The van der Waals surface area contributed by atoms with Gasteiger partial charge in [0.15, 0.2) is 0 Å². The number of hydrogen-bond donors (Lipinski definition) is 1. The highest BCUT2D eigenvalue weighted by molar-refractivity contribution is 5.82. The second kappa shape index (κ2) is 8.48. The molecule has 3 fully saturated rings. The summed E-state index contributed by atoms with van der Waals surface area (Å²) in [6.45, 7) is -0.512. The highest BCUT2D eigenvalue weighted by Gasteiger charge is 2.51. The molecule has 0 spiro atoms.